The van der Waals surface area contributed by atoms with E-state index in [0.29, 0.717) is 5.92 Å². The van der Waals surface area contributed by atoms with Crippen molar-refractivity contribution in [2.24, 2.45) is 11.7 Å². The normalized spacial score (nSPS) is 27.6. The summed E-state index contributed by atoms with van der Waals surface area (Å²) in [5, 5.41) is 0. The van der Waals surface area contributed by atoms with Crippen LogP contribution in [-0.2, 0) is 4.74 Å². The first kappa shape index (κ1) is 8.02. The number of nitrogens with two attached hydrogens (primary N) is 1. The zero-order chi connectivity index (χ0) is 7.78. The van der Waals surface area contributed by atoms with Crippen LogP contribution in [0.25, 0.3) is 0 Å². The van der Waals surface area contributed by atoms with E-state index in [1.54, 1.807) is 7.11 Å². The lowest BCUT2D eigenvalue weighted by atomic mass is 9.93. The Bertz CT molecular complexity index is 116. The molecule has 0 aromatic carbocycles. The summed E-state index contributed by atoms with van der Waals surface area (Å²) in [6, 6.07) is 0.144. The minimum absolute atomic E-state index is 0.0694. The quantitative estimate of drug-likeness (QED) is 0.643. The lowest BCUT2D eigenvalue weighted by molar-refractivity contribution is -0.0296. The first-order valence-corrected chi connectivity index (χ1v) is 3.92. The Kier molecular flexibility index (Phi) is 2.02. The fraction of sp³-hybridized carbons (Fsp3) is 1.00. The molecule has 0 aliphatic heterocycles. The zero-order valence-electron chi connectivity index (χ0n) is 7.05. The molecule has 1 saturated carbocycles. The highest BCUT2D eigenvalue weighted by Crippen LogP contribution is 2.42. The first-order chi connectivity index (χ1) is 4.61. The molecule has 0 amide bonds. The van der Waals surface area contributed by atoms with E-state index >= 15 is 0 Å². The van der Waals surface area contributed by atoms with Gasteiger partial charge in [0.15, 0.2) is 0 Å². The summed E-state index contributed by atoms with van der Waals surface area (Å²) < 4.78 is 5.40. The van der Waals surface area contributed by atoms with Gasteiger partial charge in [0.1, 0.15) is 0 Å². The van der Waals surface area contributed by atoms with Crippen LogP contribution >= 0.6 is 0 Å². The van der Waals surface area contributed by atoms with Gasteiger partial charge in [-0.15, -0.1) is 0 Å². The fourth-order valence-electron chi connectivity index (χ4n) is 1.38. The largest absolute Gasteiger partial charge is 0.377 e. The Morgan fingerprint density at radius 2 is 2.10 bits per heavy atom. The summed E-state index contributed by atoms with van der Waals surface area (Å²) >= 11 is 0. The van der Waals surface area contributed by atoms with Gasteiger partial charge in [-0.05, 0) is 32.6 Å². The smallest absolute Gasteiger partial charge is 0.0826 e. The standard InChI is InChI=1S/C8H17NO/c1-6(9)8(2,10-3)7-4-5-7/h6-7H,4-5,9H2,1-3H3/t6-,8-/m1/s1. The van der Waals surface area contributed by atoms with E-state index < -0.39 is 0 Å². The molecular formula is C8H17NO. The van der Waals surface area contributed by atoms with E-state index in [-0.39, 0.29) is 11.6 Å². The zero-order valence-corrected chi connectivity index (χ0v) is 7.05. The molecule has 1 fully saturated rings. The van der Waals surface area contributed by atoms with E-state index in [2.05, 4.69) is 6.92 Å². The maximum absolute atomic E-state index is 5.80. The highest BCUT2D eigenvalue weighted by Gasteiger charge is 2.44. The summed E-state index contributed by atoms with van der Waals surface area (Å²) in [4.78, 5) is 0. The van der Waals surface area contributed by atoms with Crippen LogP contribution in [0.4, 0.5) is 0 Å². The monoisotopic (exact) mass is 143 g/mol. The number of rotatable bonds is 3. The van der Waals surface area contributed by atoms with Gasteiger partial charge in [0, 0.05) is 13.2 Å². The second kappa shape index (κ2) is 2.51. The second-order valence-corrected chi connectivity index (χ2v) is 3.45. The third kappa shape index (κ3) is 1.18. The van der Waals surface area contributed by atoms with Gasteiger partial charge in [-0.2, -0.15) is 0 Å². The third-order valence-electron chi connectivity index (χ3n) is 2.73. The molecule has 2 nitrogen and oxygen atoms in total. The van der Waals surface area contributed by atoms with Crippen molar-refractivity contribution in [3.63, 3.8) is 0 Å². The molecule has 0 unspecified atom stereocenters. The molecule has 1 rings (SSSR count). The lowest BCUT2D eigenvalue weighted by Gasteiger charge is -2.32. The van der Waals surface area contributed by atoms with E-state index in [0.717, 1.165) is 0 Å². The molecule has 0 bridgehead atoms. The minimum Gasteiger partial charge on any atom is -0.377 e. The van der Waals surface area contributed by atoms with E-state index in [4.69, 9.17) is 10.5 Å². The van der Waals surface area contributed by atoms with Crippen LogP contribution in [0.5, 0.6) is 0 Å². The number of hydrogen-bond acceptors (Lipinski definition) is 2. The van der Waals surface area contributed by atoms with Crippen molar-refractivity contribution in [3.05, 3.63) is 0 Å². The van der Waals surface area contributed by atoms with Gasteiger partial charge in [0.25, 0.3) is 0 Å². The Labute approximate surface area is 62.7 Å². The van der Waals surface area contributed by atoms with Crippen LogP contribution in [0.2, 0.25) is 0 Å². The van der Waals surface area contributed by atoms with Gasteiger partial charge in [0.05, 0.1) is 5.60 Å². The molecule has 0 saturated heterocycles. The molecule has 1 aliphatic rings. The highest BCUT2D eigenvalue weighted by atomic mass is 16.5. The van der Waals surface area contributed by atoms with Crippen LogP contribution in [0.15, 0.2) is 0 Å². The molecule has 2 heteroatoms. The SMILES string of the molecule is CO[C@@](C)(C1CC1)[C@@H](C)N. The average molecular weight is 143 g/mol. The topological polar surface area (TPSA) is 35.2 Å². The van der Waals surface area contributed by atoms with Crippen LogP contribution in [-0.4, -0.2) is 18.8 Å². The molecule has 0 aromatic rings. The Balaban J connectivity index is 2.56. The molecule has 1 aliphatic carbocycles. The average Bonchev–Trinajstić information content (AvgIpc) is 2.67. The van der Waals surface area contributed by atoms with Crippen molar-refractivity contribution in [3.8, 4) is 0 Å². The van der Waals surface area contributed by atoms with Gasteiger partial charge >= 0.3 is 0 Å². The van der Waals surface area contributed by atoms with E-state index in [1.807, 2.05) is 6.92 Å². The van der Waals surface area contributed by atoms with Crippen LogP contribution < -0.4 is 5.73 Å². The van der Waals surface area contributed by atoms with Gasteiger partial charge in [-0.25, -0.2) is 0 Å². The van der Waals surface area contributed by atoms with E-state index in [1.165, 1.54) is 12.8 Å². The van der Waals surface area contributed by atoms with Crippen LogP contribution in [0.1, 0.15) is 26.7 Å². The Morgan fingerprint density at radius 3 is 2.20 bits per heavy atom. The van der Waals surface area contributed by atoms with Crippen molar-refractivity contribution < 1.29 is 4.74 Å². The van der Waals surface area contributed by atoms with Crippen molar-refractivity contribution in [1.29, 1.82) is 0 Å². The Morgan fingerprint density at radius 1 is 1.60 bits per heavy atom. The number of ether oxygens (including phenoxy) is 1. The molecule has 60 valence electrons. The molecule has 2 N–H and O–H groups in total. The summed E-state index contributed by atoms with van der Waals surface area (Å²) in [5.74, 6) is 0.706. The van der Waals surface area contributed by atoms with Gasteiger partial charge < -0.3 is 10.5 Å². The van der Waals surface area contributed by atoms with E-state index in [9.17, 15) is 0 Å². The third-order valence-corrected chi connectivity index (χ3v) is 2.73. The van der Waals surface area contributed by atoms with Crippen molar-refractivity contribution in [2.45, 2.75) is 38.3 Å². The minimum atomic E-state index is -0.0694. The second-order valence-electron chi connectivity index (χ2n) is 3.45. The first-order valence-electron chi connectivity index (χ1n) is 3.92. The lowest BCUT2D eigenvalue weighted by Crippen LogP contribution is -2.46. The summed E-state index contributed by atoms with van der Waals surface area (Å²) in [6.07, 6.45) is 2.57. The number of hydrogen-bond donors (Lipinski definition) is 1. The number of methoxy groups -OCH3 is 1. The maximum atomic E-state index is 5.80. The predicted octanol–water partition coefficient (Wildman–Crippen LogP) is 1.15. The maximum Gasteiger partial charge on any atom is 0.0826 e. The molecule has 10 heavy (non-hydrogen) atoms. The molecule has 2 atom stereocenters. The van der Waals surface area contributed by atoms with Crippen molar-refractivity contribution >= 4 is 0 Å². The highest BCUT2D eigenvalue weighted by molar-refractivity contribution is 4.97. The summed E-state index contributed by atoms with van der Waals surface area (Å²) in [7, 11) is 1.75. The predicted molar refractivity (Wildman–Crippen MR) is 41.8 cm³/mol. The molecule has 0 heterocycles. The Hall–Kier alpha value is -0.0800. The van der Waals surface area contributed by atoms with Crippen LogP contribution in [0, 0.1) is 5.92 Å². The molecule has 0 radical (unpaired) electrons. The van der Waals surface area contributed by atoms with Gasteiger partial charge in [-0.1, -0.05) is 0 Å². The fourth-order valence-corrected chi connectivity index (χ4v) is 1.38. The summed E-state index contributed by atoms with van der Waals surface area (Å²) in [6.45, 7) is 4.12. The van der Waals surface area contributed by atoms with Crippen molar-refractivity contribution in [2.75, 3.05) is 7.11 Å². The summed E-state index contributed by atoms with van der Waals surface area (Å²) in [5.41, 5.74) is 5.73. The van der Waals surface area contributed by atoms with Crippen LogP contribution in [0.3, 0.4) is 0 Å². The van der Waals surface area contributed by atoms with Gasteiger partial charge in [-0.3, -0.25) is 0 Å². The molecule has 0 aromatic heterocycles. The molecular weight excluding hydrogens is 126 g/mol. The molecule has 0 spiro atoms. The van der Waals surface area contributed by atoms with Gasteiger partial charge in [0.2, 0.25) is 0 Å². The van der Waals surface area contributed by atoms with Crippen molar-refractivity contribution in [1.82, 2.24) is 0 Å².